The Labute approximate surface area is 152 Å². The number of H-pyrrole nitrogens is 1. The highest BCUT2D eigenvalue weighted by atomic mass is 16.5. The number of nitrogens with zero attached hydrogens (tertiary/aromatic N) is 2. The normalized spacial score (nSPS) is 25.5. The van der Waals surface area contributed by atoms with E-state index in [0.717, 1.165) is 55.7 Å². The average molecular weight is 355 g/mol. The van der Waals surface area contributed by atoms with E-state index in [-0.39, 0.29) is 18.1 Å². The van der Waals surface area contributed by atoms with Crippen LogP contribution in [0.1, 0.15) is 61.9 Å². The van der Waals surface area contributed by atoms with Gasteiger partial charge >= 0.3 is 6.03 Å². The van der Waals surface area contributed by atoms with Crippen LogP contribution in [0.5, 0.6) is 5.75 Å². The van der Waals surface area contributed by atoms with Crippen LogP contribution in [0.3, 0.4) is 0 Å². The maximum absolute atomic E-state index is 12.5. The fraction of sp³-hybridized carbons (Fsp3) is 0.526. The molecule has 0 radical (unpaired) electrons. The van der Waals surface area contributed by atoms with Crippen molar-refractivity contribution in [2.24, 2.45) is 0 Å². The number of hydrogen-bond donors (Lipinski definition) is 3. The van der Waals surface area contributed by atoms with Crippen molar-refractivity contribution < 1.29 is 9.53 Å². The lowest BCUT2D eigenvalue weighted by atomic mass is 9.85. The third-order valence-corrected chi connectivity index (χ3v) is 5.38. The molecule has 1 aliphatic carbocycles. The highest BCUT2D eigenvalue weighted by molar-refractivity contribution is 5.75. The van der Waals surface area contributed by atoms with Gasteiger partial charge in [0.2, 0.25) is 0 Å². The minimum Gasteiger partial charge on any atom is -0.493 e. The summed E-state index contributed by atoms with van der Waals surface area (Å²) in [5.74, 6) is 2.26. The first kappa shape index (κ1) is 16.9. The van der Waals surface area contributed by atoms with Crippen molar-refractivity contribution >= 4 is 6.03 Å². The second-order valence-electron chi connectivity index (χ2n) is 7.12. The average Bonchev–Trinajstić information content (AvgIpc) is 3.12. The third-order valence-electron chi connectivity index (χ3n) is 5.38. The summed E-state index contributed by atoms with van der Waals surface area (Å²) < 4.78 is 5.77. The summed E-state index contributed by atoms with van der Waals surface area (Å²) in [6.45, 7) is 0.697. The van der Waals surface area contributed by atoms with Crippen LogP contribution in [0, 0.1) is 0 Å². The number of benzene rings is 1. The number of nitrogens with one attached hydrogen (secondary N) is 3. The molecule has 26 heavy (non-hydrogen) atoms. The van der Waals surface area contributed by atoms with Crippen molar-refractivity contribution in [2.75, 3.05) is 6.61 Å². The van der Waals surface area contributed by atoms with Crippen LogP contribution in [-0.4, -0.2) is 33.9 Å². The van der Waals surface area contributed by atoms with Gasteiger partial charge in [-0.2, -0.15) is 5.10 Å². The van der Waals surface area contributed by atoms with Crippen LogP contribution in [-0.2, 0) is 0 Å². The van der Waals surface area contributed by atoms with Crippen molar-refractivity contribution in [1.82, 2.24) is 25.8 Å². The van der Waals surface area contributed by atoms with E-state index in [1.165, 1.54) is 0 Å². The van der Waals surface area contributed by atoms with E-state index in [2.05, 4.69) is 25.8 Å². The molecule has 0 bridgehead atoms. The van der Waals surface area contributed by atoms with Crippen molar-refractivity contribution in [2.45, 2.75) is 56.5 Å². The number of hydrogen-bond acceptors (Lipinski definition) is 4. The maximum atomic E-state index is 12.5. The minimum atomic E-state index is -0.0881. The maximum Gasteiger partial charge on any atom is 0.315 e. The Morgan fingerprint density at radius 1 is 1.12 bits per heavy atom. The van der Waals surface area contributed by atoms with Gasteiger partial charge in [-0.05, 0) is 44.6 Å². The van der Waals surface area contributed by atoms with Gasteiger partial charge in [-0.15, -0.1) is 0 Å². The predicted molar refractivity (Wildman–Crippen MR) is 97.0 cm³/mol. The summed E-state index contributed by atoms with van der Waals surface area (Å²) >= 11 is 0. The van der Waals surface area contributed by atoms with E-state index >= 15 is 0 Å². The molecule has 1 fully saturated rings. The van der Waals surface area contributed by atoms with Crippen LogP contribution < -0.4 is 15.4 Å². The van der Waals surface area contributed by atoms with Gasteiger partial charge in [0.25, 0.3) is 0 Å². The molecule has 2 aliphatic rings. The van der Waals surface area contributed by atoms with Gasteiger partial charge in [-0.25, -0.2) is 9.78 Å². The molecule has 4 rings (SSSR count). The molecule has 1 unspecified atom stereocenters. The molecule has 1 atom stereocenters. The summed E-state index contributed by atoms with van der Waals surface area (Å²) in [6, 6.07) is 8.09. The fourth-order valence-electron chi connectivity index (χ4n) is 3.98. The van der Waals surface area contributed by atoms with Crippen molar-refractivity contribution in [1.29, 1.82) is 0 Å². The Morgan fingerprint density at radius 2 is 1.96 bits per heavy atom. The first-order valence-electron chi connectivity index (χ1n) is 9.43. The van der Waals surface area contributed by atoms with Gasteiger partial charge in [0.15, 0.2) is 0 Å². The monoisotopic (exact) mass is 355 g/mol. The van der Waals surface area contributed by atoms with Crippen LogP contribution >= 0.6 is 0 Å². The highest BCUT2D eigenvalue weighted by Gasteiger charge is 2.26. The standard InChI is InChI=1S/C19H25N5O2/c25-19(22-14-9-7-13(8-10-14)18-20-12-21-24-18)23-16-5-3-11-26-17-6-2-1-4-15(16)17/h1-2,4,6,12-14,16H,3,5,7-11H2,(H,20,21,24)(H2,22,23,25). The molecule has 2 heterocycles. The van der Waals surface area contributed by atoms with Crippen LogP contribution in [0.2, 0.25) is 0 Å². The van der Waals surface area contributed by atoms with E-state index < -0.39 is 0 Å². The van der Waals surface area contributed by atoms with Gasteiger partial charge in [0.1, 0.15) is 17.9 Å². The lowest BCUT2D eigenvalue weighted by Crippen LogP contribution is -2.44. The predicted octanol–water partition coefficient (Wildman–Crippen LogP) is 3.04. The van der Waals surface area contributed by atoms with E-state index in [4.69, 9.17) is 4.74 Å². The van der Waals surface area contributed by atoms with E-state index in [9.17, 15) is 4.79 Å². The molecule has 3 N–H and O–H groups in total. The number of carbonyl (C=O) groups excluding carboxylic acids is 1. The Hall–Kier alpha value is -2.57. The van der Waals surface area contributed by atoms with Crippen molar-refractivity contribution in [3.8, 4) is 5.75 Å². The topological polar surface area (TPSA) is 91.9 Å². The second-order valence-corrected chi connectivity index (χ2v) is 7.12. The number of aromatic amines is 1. The SMILES string of the molecule is O=C(NC1CCC(c2ncn[nH]2)CC1)NC1CCCOc2ccccc21. The number of fused-ring (bicyclic) bond motifs is 1. The third kappa shape index (κ3) is 3.81. The summed E-state index contributed by atoms with van der Waals surface area (Å²) in [5, 5.41) is 13.2. The van der Waals surface area contributed by atoms with Gasteiger partial charge in [0, 0.05) is 17.5 Å². The quantitative estimate of drug-likeness (QED) is 0.789. The molecule has 1 aromatic heterocycles. The Kier molecular flexibility index (Phi) is 5.04. The molecule has 0 spiro atoms. The molecule has 7 nitrogen and oxygen atoms in total. The van der Waals surface area contributed by atoms with E-state index in [1.54, 1.807) is 6.33 Å². The second kappa shape index (κ2) is 7.76. The first-order chi connectivity index (χ1) is 12.8. The van der Waals surface area contributed by atoms with Crippen LogP contribution in [0.15, 0.2) is 30.6 Å². The summed E-state index contributed by atoms with van der Waals surface area (Å²) in [4.78, 5) is 16.8. The number of rotatable bonds is 3. The number of amides is 2. The summed E-state index contributed by atoms with van der Waals surface area (Å²) in [6.07, 6.45) is 7.33. The fourth-order valence-corrected chi connectivity index (χ4v) is 3.98. The molecule has 1 aliphatic heterocycles. The Balaban J connectivity index is 1.31. The van der Waals surface area contributed by atoms with Gasteiger partial charge in [0.05, 0.1) is 12.6 Å². The molecular formula is C19H25N5O2. The molecule has 2 aromatic rings. The van der Waals surface area contributed by atoms with Gasteiger partial charge < -0.3 is 15.4 Å². The number of carbonyl (C=O) groups is 1. The lowest BCUT2D eigenvalue weighted by Gasteiger charge is -2.28. The molecule has 2 amide bonds. The van der Waals surface area contributed by atoms with Crippen LogP contribution in [0.25, 0.3) is 0 Å². The zero-order valence-corrected chi connectivity index (χ0v) is 14.8. The van der Waals surface area contributed by atoms with E-state index in [1.807, 2.05) is 24.3 Å². The summed E-state index contributed by atoms with van der Waals surface area (Å²) in [5.41, 5.74) is 1.06. The van der Waals surface area contributed by atoms with Crippen molar-refractivity contribution in [3.63, 3.8) is 0 Å². The summed E-state index contributed by atoms with van der Waals surface area (Å²) in [7, 11) is 0. The van der Waals surface area contributed by atoms with Crippen molar-refractivity contribution in [3.05, 3.63) is 42.0 Å². The first-order valence-corrected chi connectivity index (χ1v) is 9.43. The molecule has 1 saturated carbocycles. The Morgan fingerprint density at radius 3 is 2.77 bits per heavy atom. The smallest absolute Gasteiger partial charge is 0.315 e. The molecule has 1 aromatic carbocycles. The van der Waals surface area contributed by atoms with Gasteiger partial charge in [-0.3, -0.25) is 5.10 Å². The number of para-hydroxylation sites is 1. The highest BCUT2D eigenvalue weighted by Crippen LogP contribution is 2.32. The van der Waals surface area contributed by atoms with Gasteiger partial charge in [-0.1, -0.05) is 18.2 Å². The largest absolute Gasteiger partial charge is 0.493 e. The molecule has 138 valence electrons. The zero-order chi connectivity index (χ0) is 17.8. The minimum absolute atomic E-state index is 0.000711. The zero-order valence-electron chi connectivity index (χ0n) is 14.8. The number of urea groups is 1. The molecule has 0 saturated heterocycles. The molecular weight excluding hydrogens is 330 g/mol. The number of ether oxygens (including phenoxy) is 1. The van der Waals surface area contributed by atoms with Crippen LogP contribution in [0.4, 0.5) is 4.79 Å². The Bertz CT molecular complexity index is 725. The lowest BCUT2D eigenvalue weighted by molar-refractivity contribution is 0.226. The molecule has 7 heteroatoms. The van der Waals surface area contributed by atoms with E-state index in [0.29, 0.717) is 12.5 Å². The number of aromatic nitrogens is 3.